The molecule has 0 N–H and O–H groups in total. The molecular formula is C16H8ClIN2O4. The molecule has 0 aromatic heterocycles. The van der Waals surface area contributed by atoms with E-state index in [-0.39, 0.29) is 27.9 Å². The van der Waals surface area contributed by atoms with E-state index < -0.39 is 10.9 Å². The van der Waals surface area contributed by atoms with Crippen LogP contribution >= 0.6 is 34.2 Å². The summed E-state index contributed by atoms with van der Waals surface area (Å²) < 4.78 is 6.07. The molecular weight excluding hydrogens is 447 g/mol. The third-order valence-electron chi connectivity index (χ3n) is 3.21. The number of nitro benzene ring substituents is 1. The largest absolute Gasteiger partial charge is 0.402 e. The monoisotopic (exact) mass is 454 g/mol. The Kier molecular flexibility index (Phi) is 4.63. The minimum absolute atomic E-state index is 0.0501. The second kappa shape index (κ2) is 6.70. The van der Waals surface area contributed by atoms with E-state index in [0.717, 1.165) is 9.13 Å². The number of cyclic esters (lactones) is 1. The van der Waals surface area contributed by atoms with Crippen molar-refractivity contribution < 1.29 is 14.5 Å². The van der Waals surface area contributed by atoms with Crippen LogP contribution in [-0.2, 0) is 9.53 Å². The topological polar surface area (TPSA) is 81.8 Å². The van der Waals surface area contributed by atoms with Crippen molar-refractivity contribution in [3.05, 3.63) is 78.0 Å². The Labute approximate surface area is 155 Å². The van der Waals surface area contributed by atoms with Gasteiger partial charge in [-0.05, 0) is 46.4 Å². The van der Waals surface area contributed by atoms with Crippen molar-refractivity contribution in [2.75, 3.05) is 0 Å². The Morgan fingerprint density at radius 1 is 1.25 bits per heavy atom. The number of nitro groups is 1. The van der Waals surface area contributed by atoms with Crippen molar-refractivity contribution in [2.45, 2.75) is 0 Å². The molecule has 0 aliphatic carbocycles. The van der Waals surface area contributed by atoms with Crippen LogP contribution < -0.4 is 0 Å². The summed E-state index contributed by atoms with van der Waals surface area (Å²) in [6.45, 7) is 0. The number of hydrogen-bond acceptors (Lipinski definition) is 5. The zero-order valence-electron chi connectivity index (χ0n) is 11.9. The van der Waals surface area contributed by atoms with Crippen LogP contribution in [0.5, 0.6) is 0 Å². The lowest BCUT2D eigenvalue weighted by molar-refractivity contribution is -0.384. The molecule has 0 amide bonds. The Hall–Kier alpha value is -2.26. The maximum atomic E-state index is 12.0. The van der Waals surface area contributed by atoms with Crippen LogP contribution in [0.25, 0.3) is 6.08 Å². The van der Waals surface area contributed by atoms with Crippen molar-refractivity contribution in [1.82, 2.24) is 0 Å². The molecule has 0 fully saturated rings. The van der Waals surface area contributed by atoms with Gasteiger partial charge >= 0.3 is 5.97 Å². The maximum absolute atomic E-state index is 12.0. The lowest BCUT2D eigenvalue weighted by Gasteiger charge is -2.02. The summed E-state index contributed by atoms with van der Waals surface area (Å²) in [6, 6.07) is 11.3. The molecule has 8 heteroatoms. The summed E-state index contributed by atoms with van der Waals surface area (Å²) in [7, 11) is 0. The molecule has 0 saturated carbocycles. The summed E-state index contributed by atoms with van der Waals surface area (Å²) in [5.74, 6) is -0.682. The van der Waals surface area contributed by atoms with E-state index >= 15 is 0 Å². The van der Waals surface area contributed by atoms with Gasteiger partial charge in [0.2, 0.25) is 5.90 Å². The summed E-state index contributed by atoms with van der Waals surface area (Å²) in [6.07, 6.45) is 1.60. The molecule has 120 valence electrons. The third-order valence-corrected chi connectivity index (χ3v) is 4.52. The summed E-state index contributed by atoms with van der Waals surface area (Å²) in [4.78, 5) is 26.5. The highest BCUT2D eigenvalue weighted by Crippen LogP contribution is 2.27. The lowest BCUT2D eigenvalue weighted by Crippen LogP contribution is -2.06. The fraction of sp³-hybridized carbons (Fsp3) is 0. The van der Waals surface area contributed by atoms with E-state index in [9.17, 15) is 14.9 Å². The number of carbonyl (C=O) groups excluding carboxylic acids is 1. The second-order valence-corrected chi connectivity index (χ2v) is 6.35. The fourth-order valence-electron chi connectivity index (χ4n) is 2.05. The molecule has 3 rings (SSSR count). The van der Waals surface area contributed by atoms with Crippen molar-refractivity contribution in [3.63, 3.8) is 0 Å². The minimum atomic E-state index is -0.632. The van der Waals surface area contributed by atoms with E-state index in [2.05, 4.69) is 27.6 Å². The van der Waals surface area contributed by atoms with E-state index in [4.69, 9.17) is 16.3 Å². The number of nitrogens with zero attached hydrogens (tertiary/aromatic N) is 2. The van der Waals surface area contributed by atoms with Gasteiger partial charge in [-0.3, -0.25) is 10.1 Å². The number of rotatable bonds is 3. The average Bonchev–Trinajstić information content (AvgIpc) is 2.90. The number of benzene rings is 2. The quantitative estimate of drug-likeness (QED) is 0.229. The van der Waals surface area contributed by atoms with Gasteiger partial charge in [-0.1, -0.05) is 29.8 Å². The molecule has 2 aromatic carbocycles. The number of esters is 1. The molecule has 0 saturated heterocycles. The first-order chi connectivity index (χ1) is 11.5. The van der Waals surface area contributed by atoms with Gasteiger partial charge in [0, 0.05) is 15.7 Å². The van der Waals surface area contributed by atoms with Crippen LogP contribution in [0.2, 0.25) is 5.02 Å². The molecule has 0 unspecified atom stereocenters. The van der Waals surface area contributed by atoms with Gasteiger partial charge in [0.1, 0.15) is 0 Å². The molecule has 1 aliphatic heterocycles. The van der Waals surface area contributed by atoms with Crippen molar-refractivity contribution >= 4 is 57.8 Å². The number of carbonyl (C=O) groups is 1. The molecule has 1 heterocycles. The van der Waals surface area contributed by atoms with Gasteiger partial charge in [-0.2, -0.15) is 0 Å². The van der Waals surface area contributed by atoms with Crippen LogP contribution in [0.4, 0.5) is 5.69 Å². The van der Waals surface area contributed by atoms with Crippen LogP contribution in [0.1, 0.15) is 11.1 Å². The number of halogens is 2. The molecule has 24 heavy (non-hydrogen) atoms. The van der Waals surface area contributed by atoms with Gasteiger partial charge in [0.05, 0.1) is 15.5 Å². The molecule has 0 spiro atoms. The SMILES string of the molecule is O=C1OC(c2cc([N+](=O)[O-])ccc2Cl)=N/C1=C\c1ccccc1I. The Bertz CT molecular complexity index is 924. The normalized spacial score (nSPS) is 15.3. The predicted molar refractivity (Wildman–Crippen MR) is 97.9 cm³/mol. The third kappa shape index (κ3) is 3.31. The van der Waals surface area contributed by atoms with E-state index in [1.807, 2.05) is 24.3 Å². The zero-order valence-corrected chi connectivity index (χ0v) is 14.8. The maximum Gasteiger partial charge on any atom is 0.363 e. The number of non-ortho nitro benzene ring substituents is 1. The van der Waals surface area contributed by atoms with Crippen LogP contribution in [0.15, 0.2) is 53.2 Å². The van der Waals surface area contributed by atoms with E-state index in [1.165, 1.54) is 18.2 Å². The van der Waals surface area contributed by atoms with Gasteiger partial charge < -0.3 is 4.74 Å². The zero-order chi connectivity index (χ0) is 17.3. The van der Waals surface area contributed by atoms with Gasteiger partial charge in [0.25, 0.3) is 5.69 Å². The minimum Gasteiger partial charge on any atom is -0.402 e. The summed E-state index contributed by atoms with van der Waals surface area (Å²) >= 11 is 8.19. The van der Waals surface area contributed by atoms with Gasteiger partial charge in [0.15, 0.2) is 5.70 Å². The fourth-order valence-corrected chi connectivity index (χ4v) is 2.80. The highest BCUT2D eigenvalue weighted by Gasteiger charge is 2.27. The number of ether oxygens (including phenoxy) is 1. The first-order valence-corrected chi connectivity index (χ1v) is 8.13. The Morgan fingerprint density at radius 2 is 2.00 bits per heavy atom. The summed E-state index contributed by atoms with van der Waals surface area (Å²) in [5.41, 5.74) is 0.963. The van der Waals surface area contributed by atoms with Crippen LogP contribution in [-0.4, -0.2) is 16.8 Å². The van der Waals surface area contributed by atoms with Crippen molar-refractivity contribution in [2.24, 2.45) is 4.99 Å². The van der Waals surface area contributed by atoms with Crippen molar-refractivity contribution in [1.29, 1.82) is 0 Å². The second-order valence-electron chi connectivity index (χ2n) is 4.78. The van der Waals surface area contributed by atoms with E-state index in [0.29, 0.717) is 0 Å². The highest BCUT2D eigenvalue weighted by molar-refractivity contribution is 14.1. The van der Waals surface area contributed by atoms with Gasteiger partial charge in [-0.25, -0.2) is 9.79 Å². The van der Waals surface area contributed by atoms with Crippen LogP contribution in [0, 0.1) is 13.7 Å². The summed E-state index contributed by atoms with van der Waals surface area (Å²) in [5, 5.41) is 11.1. The molecule has 0 atom stereocenters. The first kappa shape index (κ1) is 16.6. The van der Waals surface area contributed by atoms with Crippen molar-refractivity contribution in [3.8, 4) is 0 Å². The molecule has 0 radical (unpaired) electrons. The molecule has 6 nitrogen and oxygen atoms in total. The number of hydrogen-bond donors (Lipinski definition) is 0. The van der Waals surface area contributed by atoms with Gasteiger partial charge in [-0.15, -0.1) is 0 Å². The van der Waals surface area contributed by atoms with E-state index in [1.54, 1.807) is 6.08 Å². The first-order valence-electron chi connectivity index (χ1n) is 6.67. The highest BCUT2D eigenvalue weighted by atomic mass is 127. The standard InChI is InChI=1S/C16H8ClIN2O4/c17-12-6-5-10(20(22)23)8-11(12)15-19-14(16(21)24-15)7-9-3-1-2-4-13(9)18/h1-8H/b14-7-. The molecule has 1 aliphatic rings. The lowest BCUT2D eigenvalue weighted by atomic mass is 10.2. The Morgan fingerprint density at radius 3 is 2.71 bits per heavy atom. The molecule has 2 aromatic rings. The predicted octanol–water partition coefficient (Wildman–Crippen LogP) is 4.20. The van der Waals surface area contributed by atoms with Crippen LogP contribution in [0.3, 0.4) is 0 Å². The Balaban J connectivity index is 2.03. The molecule has 0 bridgehead atoms. The smallest absolute Gasteiger partial charge is 0.363 e. The number of aliphatic imine (C=N–C) groups is 1. The average molecular weight is 455 g/mol.